The number of hydrogen-bond acceptors (Lipinski definition) is 4. The highest BCUT2D eigenvalue weighted by Gasteiger charge is 2.48. The van der Waals surface area contributed by atoms with Crippen molar-refractivity contribution in [3.05, 3.63) is 517 Å². The van der Waals surface area contributed by atoms with Crippen LogP contribution >= 0.6 is 22.7 Å². The average Bonchev–Trinajstić information content (AvgIpc) is 1.54. The van der Waals surface area contributed by atoms with E-state index >= 15 is 0 Å². The van der Waals surface area contributed by atoms with Crippen molar-refractivity contribution in [2.24, 2.45) is 0 Å². The highest BCUT2D eigenvalue weighted by atomic mass is 32.1. The summed E-state index contributed by atoms with van der Waals surface area (Å²) in [6.07, 6.45) is 0. The fourth-order valence-corrected chi connectivity index (χ4v) is 23.1. The fraction of sp³-hybridized carbons (Fsp3) is 0.0420. The first-order chi connectivity index (χ1) is 60.7. The molecule has 2 aromatic heterocycles. The molecule has 3 aliphatic carbocycles. The summed E-state index contributed by atoms with van der Waals surface area (Å²) >= 11 is 3.79. The molecule has 0 radical (unpaired) electrons. The standard InChI is InChI=1S/C64H45NS.C55H37NS/c1-63(2)57-31-12-9-26-51(57)54-36-35-49(41-60(54)63)65(47-24-15-20-43(38-47)42-18-5-3-6-19-42)48-25-16-21-44(39-48)50-29-17-30-55-56-40-46(34-37-61(56)66-62(50)55)64(45-22-7-4-8-23-45)58-32-13-10-27-52(58)53-28-11-14-33-59(53)64;1-4-15-38(16-5-1)39-27-31-45(32-28-39)56(44-20-8-3-9-21-44)46-22-14-17-40(35-46)41-29-33-49-50-34-30-43(37-54(50)57-53(49)36-41)55(42-18-6-2-7-19-42)51-25-12-10-23-47(51)48-24-11-13-26-52(48)55/h3-41H,1-2H3;1-37H. The molecule has 0 unspecified atom stereocenters. The summed E-state index contributed by atoms with van der Waals surface area (Å²) in [4.78, 5) is 4.80. The Labute approximate surface area is 726 Å². The van der Waals surface area contributed by atoms with E-state index in [1.807, 2.05) is 22.7 Å². The Balaban J connectivity index is 0.000000144. The minimum absolute atomic E-state index is 0.122. The Morgan fingerprint density at radius 1 is 0.179 bits per heavy atom. The predicted octanol–water partition coefficient (Wildman–Crippen LogP) is 32.7. The van der Waals surface area contributed by atoms with E-state index in [4.69, 9.17) is 0 Å². The van der Waals surface area contributed by atoms with Crippen LogP contribution in [0, 0.1) is 0 Å². The Morgan fingerprint density at radius 3 is 1.09 bits per heavy atom. The zero-order valence-corrected chi connectivity index (χ0v) is 69.7. The first-order valence-electron chi connectivity index (χ1n) is 42.6. The predicted molar refractivity (Wildman–Crippen MR) is 522 cm³/mol. The van der Waals surface area contributed by atoms with Crippen molar-refractivity contribution in [1.82, 2.24) is 0 Å². The van der Waals surface area contributed by atoms with E-state index in [-0.39, 0.29) is 5.41 Å². The van der Waals surface area contributed by atoms with Crippen molar-refractivity contribution in [3.63, 3.8) is 0 Å². The normalized spacial score (nSPS) is 13.3. The number of anilines is 6. The monoisotopic (exact) mass is 1600 g/mol. The smallest absolute Gasteiger partial charge is 0.0714 e. The van der Waals surface area contributed by atoms with E-state index in [0.717, 1.165) is 34.1 Å². The first-order valence-corrected chi connectivity index (χ1v) is 44.2. The van der Waals surface area contributed by atoms with Crippen LogP contribution in [0.1, 0.15) is 69.5 Å². The average molecular weight is 1600 g/mol. The summed E-state index contributed by atoms with van der Waals surface area (Å²) in [6, 6.07) is 170. The Morgan fingerprint density at radius 2 is 0.528 bits per heavy atom. The summed E-state index contributed by atoms with van der Waals surface area (Å²) in [7, 11) is 0. The lowest BCUT2D eigenvalue weighted by molar-refractivity contribution is 0.660. The lowest BCUT2D eigenvalue weighted by Crippen LogP contribution is -2.28. The summed E-state index contributed by atoms with van der Waals surface area (Å²) in [5, 5.41) is 5.18. The van der Waals surface area contributed by atoms with Gasteiger partial charge in [-0.1, -0.05) is 378 Å². The van der Waals surface area contributed by atoms with Gasteiger partial charge in [0.2, 0.25) is 0 Å². The van der Waals surface area contributed by atoms with Gasteiger partial charge in [0.1, 0.15) is 0 Å². The summed E-state index contributed by atoms with van der Waals surface area (Å²) in [5.41, 5.74) is 36.6. The van der Waals surface area contributed by atoms with Gasteiger partial charge >= 0.3 is 0 Å². The molecule has 0 amide bonds. The molecule has 0 saturated carbocycles. The highest BCUT2D eigenvalue weighted by Crippen LogP contribution is 2.60. The molecular weight excluding hydrogens is 1520 g/mol. The number of hydrogen-bond donors (Lipinski definition) is 0. The summed E-state index contributed by atoms with van der Waals surface area (Å²) < 4.78 is 5.20. The molecule has 19 aromatic carbocycles. The van der Waals surface area contributed by atoms with Gasteiger partial charge in [0, 0.05) is 79.9 Å². The minimum atomic E-state index is -0.445. The molecule has 21 aromatic rings. The number of benzene rings is 19. The quantitative estimate of drug-likeness (QED) is 0.107. The Hall–Kier alpha value is -14.8. The third-order valence-corrected chi connectivity index (χ3v) is 28.6. The molecule has 580 valence electrons. The maximum Gasteiger partial charge on any atom is 0.0714 e. The highest BCUT2D eigenvalue weighted by molar-refractivity contribution is 7.26. The van der Waals surface area contributed by atoms with Crippen LogP contribution in [0.5, 0.6) is 0 Å². The van der Waals surface area contributed by atoms with Crippen LogP contribution in [0.25, 0.3) is 118 Å². The van der Waals surface area contributed by atoms with Gasteiger partial charge in [0.25, 0.3) is 0 Å². The molecule has 0 spiro atoms. The number of thiophene rings is 2. The molecule has 24 rings (SSSR count). The maximum absolute atomic E-state index is 2.50. The van der Waals surface area contributed by atoms with Crippen molar-refractivity contribution in [3.8, 4) is 77.9 Å². The van der Waals surface area contributed by atoms with Gasteiger partial charge in [0.15, 0.2) is 0 Å². The third-order valence-electron chi connectivity index (χ3n) is 26.3. The summed E-state index contributed by atoms with van der Waals surface area (Å²) in [5.74, 6) is 0. The third kappa shape index (κ3) is 12.0. The molecule has 3 aliphatic rings. The van der Waals surface area contributed by atoms with Crippen LogP contribution in [-0.2, 0) is 16.2 Å². The maximum atomic E-state index is 2.50. The second-order valence-corrected chi connectivity index (χ2v) is 35.4. The second kappa shape index (κ2) is 29.9. The molecule has 0 fully saturated rings. The van der Waals surface area contributed by atoms with E-state index < -0.39 is 10.8 Å². The molecule has 0 aliphatic heterocycles. The second-order valence-electron chi connectivity index (χ2n) is 33.3. The Bertz CT molecular complexity index is 7560. The zero-order chi connectivity index (χ0) is 81.7. The van der Waals surface area contributed by atoms with Crippen molar-refractivity contribution in [1.29, 1.82) is 0 Å². The van der Waals surface area contributed by atoms with E-state index in [9.17, 15) is 0 Å². The molecule has 2 heterocycles. The lowest BCUT2D eigenvalue weighted by Gasteiger charge is -2.34. The van der Waals surface area contributed by atoms with Crippen LogP contribution in [0.3, 0.4) is 0 Å². The number of para-hydroxylation sites is 1. The van der Waals surface area contributed by atoms with Gasteiger partial charge in [-0.25, -0.2) is 0 Å². The van der Waals surface area contributed by atoms with Gasteiger partial charge in [-0.15, -0.1) is 22.7 Å². The van der Waals surface area contributed by atoms with E-state index in [1.165, 1.54) is 174 Å². The van der Waals surface area contributed by atoms with Crippen molar-refractivity contribution in [2.45, 2.75) is 30.1 Å². The van der Waals surface area contributed by atoms with Gasteiger partial charge in [0.05, 0.1) is 10.8 Å². The Kier molecular flexibility index (Phi) is 17.8. The number of fused-ring (bicyclic) bond motifs is 15. The molecule has 0 atom stereocenters. The van der Waals surface area contributed by atoms with Crippen LogP contribution in [0.2, 0.25) is 0 Å². The van der Waals surface area contributed by atoms with Crippen LogP contribution in [0.4, 0.5) is 34.1 Å². The largest absolute Gasteiger partial charge is 0.310 e. The van der Waals surface area contributed by atoms with E-state index in [2.05, 4.69) is 485 Å². The molecule has 0 bridgehead atoms. The number of rotatable bonds is 14. The SMILES string of the molecule is CC1(C)c2ccccc2-c2ccc(N(c3cccc(-c4ccccc4)c3)c3cccc(-c4cccc5c4sc4ccc(C6(c7ccccc7)c7ccccc7-c7ccccc76)cc45)c3)cc21.c1ccc(-c2ccc(N(c3ccccc3)c3cccc(-c4ccc5c(c4)sc4cc(C6(c7ccccc7)c7ccccc7-c7ccccc76)ccc45)c3)cc2)cc1. The molecule has 4 heteroatoms. The van der Waals surface area contributed by atoms with Crippen molar-refractivity contribution >= 4 is 97.1 Å². The van der Waals surface area contributed by atoms with Crippen LogP contribution in [0.15, 0.2) is 461 Å². The van der Waals surface area contributed by atoms with E-state index in [0.29, 0.717) is 0 Å². The molecule has 2 nitrogen and oxygen atoms in total. The molecular formula is C119H82N2S2. The lowest BCUT2D eigenvalue weighted by atomic mass is 9.67. The molecule has 0 saturated heterocycles. The summed E-state index contributed by atoms with van der Waals surface area (Å²) in [6.45, 7) is 4.73. The van der Waals surface area contributed by atoms with E-state index in [1.54, 1.807) is 0 Å². The van der Waals surface area contributed by atoms with Gasteiger partial charge in [-0.05, 0) is 231 Å². The van der Waals surface area contributed by atoms with Crippen LogP contribution in [-0.4, -0.2) is 0 Å². The minimum Gasteiger partial charge on any atom is -0.310 e. The van der Waals surface area contributed by atoms with Gasteiger partial charge in [-0.3, -0.25) is 0 Å². The van der Waals surface area contributed by atoms with Crippen molar-refractivity contribution in [2.75, 3.05) is 9.80 Å². The van der Waals surface area contributed by atoms with Crippen LogP contribution < -0.4 is 9.80 Å². The number of nitrogens with zero attached hydrogens (tertiary/aromatic N) is 2. The van der Waals surface area contributed by atoms with Gasteiger partial charge in [-0.2, -0.15) is 0 Å². The fourth-order valence-electron chi connectivity index (χ4n) is 20.7. The molecule has 0 N–H and O–H groups in total. The topological polar surface area (TPSA) is 6.48 Å². The van der Waals surface area contributed by atoms with Gasteiger partial charge < -0.3 is 9.80 Å². The molecule has 123 heavy (non-hydrogen) atoms. The first kappa shape index (κ1) is 73.4. The van der Waals surface area contributed by atoms with Crippen molar-refractivity contribution < 1.29 is 0 Å². The zero-order valence-electron chi connectivity index (χ0n) is 68.1.